The molecule has 0 saturated heterocycles. The first-order valence-electron chi connectivity index (χ1n) is 7.34. The normalized spacial score (nSPS) is 12.3. The van der Waals surface area contributed by atoms with Gasteiger partial charge in [0.05, 0.1) is 13.2 Å². The number of furan rings is 1. The summed E-state index contributed by atoms with van der Waals surface area (Å²) in [5.41, 5.74) is 1.31. The highest BCUT2D eigenvalue weighted by Gasteiger charge is 2.14. The van der Waals surface area contributed by atoms with Crippen LogP contribution in [0.15, 0.2) is 45.5 Å². The number of nitrogens with one attached hydrogen (secondary N) is 1. The maximum absolute atomic E-state index is 5.70. The molecule has 114 valence electrons. The Morgan fingerprint density at radius 3 is 2.52 bits per heavy atom. The zero-order valence-corrected chi connectivity index (χ0v) is 14.2. The summed E-state index contributed by atoms with van der Waals surface area (Å²) < 4.78 is 11.7. The quantitative estimate of drug-likeness (QED) is 0.746. The van der Waals surface area contributed by atoms with Gasteiger partial charge in [-0.1, -0.05) is 19.1 Å². The van der Waals surface area contributed by atoms with Crippen molar-refractivity contribution in [3.63, 3.8) is 0 Å². The standard InChI is InChI=1S/C17H22BrNO2/c1-3-12-19-15(16-10-11-17(18)21-16)9-6-13-4-7-14(20-2)8-5-13/h4-5,7-8,10-11,15,19H,3,6,9,12H2,1-2H3. The number of benzene rings is 1. The van der Waals surface area contributed by atoms with Crippen LogP contribution in [0.5, 0.6) is 5.75 Å². The maximum atomic E-state index is 5.70. The van der Waals surface area contributed by atoms with Crippen LogP contribution in [0.1, 0.15) is 37.1 Å². The molecule has 1 aromatic heterocycles. The van der Waals surface area contributed by atoms with Gasteiger partial charge >= 0.3 is 0 Å². The van der Waals surface area contributed by atoms with E-state index in [1.54, 1.807) is 7.11 Å². The number of methoxy groups -OCH3 is 1. The minimum atomic E-state index is 0.248. The SMILES string of the molecule is CCCNC(CCc1ccc(OC)cc1)c1ccc(Br)o1. The monoisotopic (exact) mass is 351 g/mol. The molecular weight excluding hydrogens is 330 g/mol. The van der Waals surface area contributed by atoms with E-state index in [1.807, 2.05) is 24.3 Å². The molecule has 0 amide bonds. The number of rotatable bonds is 8. The Hall–Kier alpha value is -1.26. The van der Waals surface area contributed by atoms with E-state index in [0.29, 0.717) is 0 Å². The van der Waals surface area contributed by atoms with Crippen LogP contribution >= 0.6 is 15.9 Å². The van der Waals surface area contributed by atoms with Crippen molar-refractivity contribution in [1.82, 2.24) is 5.32 Å². The number of hydrogen-bond donors (Lipinski definition) is 1. The van der Waals surface area contributed by atoms with Crippen LogP contribution in [0.3, 0.4) is 0 Å². The van der Waals surface area contributed by atoms with Crippen molar-refractivity contribution in [2.45, 2.75) is 32.2 Å². The molecule has 4 heteroatoms. The van der Waals surface area contributed by atoms with E-state index in [0.717, 1.165) is 42.0 Å². The molecule has 0 radical (unpaired) electrons. The number of hydrogen-bond acceptors (Lipinski definition) is 3. The lowest BCUT2D eigenvalue weighted by Crippen LogP contribution is -2.22. The smallest absolute Gasteiger partial charge is 0.169 e. The summed E-state index contributed by atoms with van der Waals surface area (Å²) in [7, 11) is 1.69. The molecule has 2 rings (SSSR count). The molecule has 0 bridgehead atoms. The topological polar surface area (TPSA) is 34.4 Å². The van der Waals surface area contributed by atoms with E-state index in [-0.39, 0.29) is 6.04 Å². The third kappa shape index (κ3) is 4.90. The molecular formula is C17H22BrNO2. The Morgan fingerprint density at radius 1 is 1.19 bits per heavy atom. The van der Waals surface area contributed by atoms with E-state index in [2.05, 4.69) is 40.3 Å². The summed E-state index contributed by atoms with van der Waals surface area (Å²) in [4.78, 5) is 0. The molecule has 1 heterocycles. The number of ether oxygens (including phenoxy) is 1. The summed E-state index contributed by atoms with van der Waals surface area (Å²) in [5.74, 6) is 1.89. The van der Waals surface area contributed by atoms with Crippen LogP contribution in [0.2, 0.25) is 0 Å². The molecule has 3 nitrogen and oxygen atoms in total. The number of aryl methyl sites for hydroxylation is 1. The van der Waals surface area contributed by atoms with Crippen LogP contribution < -0.4 is 10.1 Å². The van der Waals surface area contributed by atoms with Gasteiger partial charge < -0.3 is 14.5 Å². The van der Waals surface area contributed by atoms with Crippen LogP contribution in [-0.4, -0.2) is 13.7 Å². The highest BCUT2D eigenvalue weighted by Crippen LogP contribution is 2.24. The maximum Gasteiger partial charge on any atom is 0.169 e. The fourth-order valence-corrected chi connectivity index (χ4v) is 2.60. The minimum Gasteiger partial charge on any atom is -0.497 e. The van der Waals surface area contributed by atoms with E-state index < -0.39 is 0 Å². The highest BCUT2D eigenvalue weighted by atomic mass is 79.9. The van der Waals surface area contributed by atoms with Crippen molar-refractivity contribution in [1.29, 1.82) is 0 Å². The molecule has 2 aromatic rings. The summed E-state index contributed by atoms with van der Waals surface area (Å²) in [5, 5.41) is 3.55. The largest absolute Gasteiger partial charge is 0.497 e. The van der Waals surface area contributed by atoms with Gasteiger partial charge in [0.15, 0.2) is 4.67 Å². The first kappa shape index (κ1) is 16.1. The van der Waals surface area contributed by atoms with Gasteiger partial charge in [-0.05, 0) is 71.6 Å². The molecule has 0 fully saturated rings. The predicted molar refractivity (Wildman–Crippen MR) is 88.8 cm³/mol. The van der Waals surface area contributed by atoms with Crippen LogP contribution in [-0.2, 0) is 6.42 Å². The number of halogens is 1. The molecule has 0 aliphatic heterocycles. The van der Waals surface area contributed by atoms with Gasteiger partial charge in [0.1, 0.15) is 11.5 Å². The summed E-state index contributed by atoms with van der Waals surface area (Å²) in [6.45, 7) is 3.16. The Morgan fingerprint density at radius 2 is 1.95 bits per heavy atom. The van der Waals surface area contributed by atoms with Crippen molar-refractivity contribution in [3.8, 4) is 5.75 Å². The molecule has 1 unspecified atom stereocenters. The Kier molecular flexibility index (Phi) is 6.33. The first-order chi connectivity index (χ1) is 10.2. The van der Waals surface area contributed by atoms with Gasteiger partial charge in [-0.15, -0.1) is 0 Å². The fourth-order valence-electron chi connectivity index (χ4n) is 2.28. The van der Waals surface area contributed by atoms with Crippen LogP contribution in [0.4, 0.5) is 0 Å². The van der Waals surface area contributed by atoms with Gasteiger partial charge in [-0.2, -0.15) is 0 Å². The Balaban J connectivity index is 1.97. The second-order valence-electron chi connectivity index (χ2n) is 5.04. The molecule has 0 spiro atoms. The Labute approximate surface area is 134 Å². The molecule has 0 saturated carbocycles. The average molecular weight is 352 g/mol. The van der Waals surface area contributed by atoms with Crippen molar-refractivity contribution in [2.24, 2.45) is 0 Å². The predicted octanol–water partition coefficient (Wildman–Crippen LogP) is 4.72. The fraction of sp³-hybridized carbons (Fsp3) is 0.412. The van der Waals surface area contributed by atoms with Crippen molar-refractivity contribution in [3.05, 3.63) is 52.4 Å². The molecule has 0 aliphatic carbocycles. The second-order valence-corrected chi connectivity index (χ2v) is 5.82. The van der Waals surface area contributed by atoms with E-state index in [4.69, 9.17) is 9.15 Å². The van der Waals surface area contributed by atoms with Gasteiger partial charge in [0.2, 0.25) is 0 Å². The zero-order chi connectivity index (χ0) is 15.1. The van der Waals surface area contributed by atoms with Crippen molar-refractivity contribution >= 4 is 15.9 Å². The van der Waals surface area contributed by atoms with Crippen molar-refractivity contribution in [2.75, 3.05) is 13.7 Å². The van der Waals surface area contributed by atoms with Gasteiger partial charge in [0, 0.05) is 0 Å². The lowest BCUT2D eigenvalue weighted by molar-refractivity contribution is 0.386. The molecule has 21 heavy (non-hydrogen) atoms. The molecule has 1 aromatic carbocycles. The third-order valence-corrected chi connectivity index (χ3v) is 3.89. The average Bonchev–Trinajstić information content (AvgIpc) is 2.94. The lowest BCUT2D eigenvalue weighted by Gasteiger charge is -2.16. The van der Waals surface area contributed by atoms with Crippen LogP contribution in [0, 0.1) is 0 Å². The van der Waals surface area contributed by atoms with Crippen LogP contribution in [0.25, 0.3) is 0 Å². The summed E-state index contributed by atoms with van der Waals surface area (Å²) in [6.07, 6.45) is 3.12. The first-order valence-corrected chi connectivity index (χ1v) is 8.13. The third-order valence-electron chi connectivity index (χ3n) is 3.46. The van der Waals surface area contributed by atoms with Gasteiger partial charge in [-0.3, -0.25) is 0 Å². The molecule has 1 atom stereocenters. The molecule has 1 N–H and O–H groups in total. The van der Waals surface area contributed by atoms with E-state index >= 15 is 0 Å². The summed E-state index contributed by atoms with van der Waals surface area (Å²) in [6, 6.07) is 12.5. The minimum absolute atomic E-state index is 0.248. The Bertz CT molecular complexity index is 536. The van der Waals surface area contributed by atoms with Crippen molar-refractivity contribution < 1.29 is 9.15 Å². The van der Waals surface area contributed by atoms with Gasteiger partial charge in [-0.25, -0.2) is 0 Å². The molecule has 0 aliphatic rings. The van der Waals surface area contributed by atoms with Gasteiger partial charge in [0.25, 0.3) is 0 Å². The second kappa shape index (κ2) is 8.25. The lowest BCUT2D eigenvalue weighted by atomic mass is 10.0. The van der Waals surface area contributed by atoms with E-state index in [9.17, 15) is 0 Å². The summed E-state index contributed by atoms with van der Waals surface area (Å²) >= 11 is 3.37. The highest BCUT2D eigenvalue weighted by molar-refractivity contribution is 9.10. The zero-order valence-electron chi connectivity index (χ0n) is 12.6. The van der Waals surface area contributed by atoms with E-state index in [1.165, 1.54) is 5.56 Å².